The van der Waals surface area contributed by atoms with Gasteiger partial charge in [0.15, 0.2) is 0 Å². The Morgan fingerprint density at radius 1 is 1.07 bits per heavy atom. The zero-order valence-corrected chi connectivity index (χ0v) is 18.0. The molecule has 9 heteroatoms. The molecular weight excluding hydrogens is 466 g/mol. The van der Waals surface area contributed by atoms with Gasteiger partial charge in [-0.1, -0.05) is 28.9 Å². The Hall–Kier alpha value is -1.97. The number of carbonyl (C=O) groups is 1. The lowest BCUT2D eigenvalue weighted by atomic mass is 10.0. The van der Waals surface area contributed by atoms with Crippen LogP contribution in [0, 0.1) is 5.82 Å². The van der Waals surface area contributed by atoms with Crippen LogP contribution in [0.25, 0.3) is 0 Å². The smallest absolute Gasteiger partial charge is 0.322 e. The highest BCUT2D eigenvalue weighted by molar-refractivity contribution is 9.10. The Labute approximate surface area is 181 Å². The molecule has 30 heavy (non-hydrogen) atoms. The molecule has 0 aromatic heterocycles. The summed E-state index contributed by atoms with van der Waals surface area (Å²) in [6.45, 7) is 6.25. The number of hydrogen-bond acceptors (Lipinski definition) is 3. The minimum Gasteiger partial charge on any atom is -0.322 e. The van der Waals surface area contributed by atoms with Crippen molar-refractivity contribution in [3.05, 3.63) is 63.4 Å². The topological polar surface area (TPSA) is 35.6 Å². The van der Waals surface area contributed by atoms with Crippen molar-refractivity contribution in [2.75, 3.05) is 38.0 Å². The van der Waals surface area contributed by atoms with Crippen molar-refractivity contribution in [2.45, 2.75) is 19.6 Å². The Bertz CT molecular complexity index is 891. The number of likely N-dealkylation sites (N-methyl/N-ethyl adjacent to an activating group) is 1. The molecule has 1 saturated heterocycles. The SMILES string of the molecule is CCN1CCN(Cc2ccc(NC(=O)c3cc(F)cc(Br)c3)cc2C(F)(F)F)CC1. The summed E-state index contributed by atoms with van der Waals surface area (Å²) in [4.78, 5) is 16.6. The molecule has 3 rings (SSSR count). The van der Waals surface area contributed by atoms with Crippen LogP contribution in [0.2, 0.25) is 0 Å². The number of carbonyl (C=O) groups excluding carboxylic acids is 1. The van der Waals surface area contributed by atoms with Gasteiger partial charge in [0.1, 0.15) is 5.82 Å². The quantitative estimate of drug-likeness (QED) is 0.603. The standard InChI is InChI=1S/C21H22BrF4N3O/c1-2-28-5-7-29(8-6-28)13-14-3-4-18(12-19(14)21(24,25)26)27-20(30)15-9-16(22)11-17(23)10-15/h3-4,9-12H,2,5-8,13H2,1H3,(H,27,30). The van der Waals surface area contributed by atoms with Crippen molar-refractivity contribution in [3.8, 4) is 0 Å². The highest BCUT2D eigenvalue weighted by Crippen LogP contribution is 2.34. The van der Waals surface area contributed by atoms with Crippen LogP contribution in [0.5, 0.6) is 0 Å². The van der Waals surface area contributed by atoms with Gasteiger partial charge in [-0.25, -0.2) is 4.39 Å². The second kappa shape index (κ2) is 9.45. The first-order chi connectivity index (χ1) is 14.2. The van der Waals surface area contributed by atoms with E-state index in [0.29, 0.717) is 17.6 Å². The van der Waals surface area contributed by atoms with Crippen LogP contribution in [-0.2, 0) is 12.7 Å². The molecule has 0 bridgehead atoms. The Morgan fingerprint density at radius 3 is 2.33 bits per heavy atom. The summed E-state index contributed by atoms with van der Waals surface area (Å²) in [6, 6.07) is 7.38. The number of amides is 1. The third-order valence-corrected chi connectivity index (χ3v) is 5.56. The molecule has 1 amide bonds. The average Bonchev–Trinajstić information content (AvgIpc) is 2.68. The van der Waals surface area contributed by atoms with E-state index in [1.165, 1.54) is 24.3 Å². The second-order valence-electron chi connectivity index (χ2n) is 7.19. The third kappa shape index (κ3) is 5.80. The van der Waals surface area contributed by atoms with Crippen LogP contribution in [-0.4, -0.2) is 48.4 Å². The van der Waals surface area contributed by atoms with E-state index < -0.39 is 23.5 Å². The first-order valence-electron chi connectivity index (χ1n) is 9.58. The van der Waals surface area contributed by atoms with Gasteiger partial charge in [-0.2, -0.15) is 13.2 Å². The first-order valence-corrected chi connectivity index (χ1v) is 10.4. The van der Waals surface area contributed by atoms with Crippen LogP contribution in [0.1, 0.15) is 28.4 Å². The van der Waals surface area contributed by atoms with Gasteiger partial charge >= 0.3 is 6.18 Å². The highest BCUT2D eigenvalue weighted by Gasteiger charge is 2.34. The predicted molar refractivity (Wildman–Crippen MR) is 111 cm³/mol. The molecule has 0 unspecified atom stereocenters. The average molecular weight is 488 g/mol. The molecule has 0 aliphatic carbocycles. The van der Waals surface area contributed by atoms with Crippen molar-refractivity contribution in [1.82, 2.24) is 9.80 Å². The molecule has 0 spiro atoms. The highest BCUT2D eigenvalue weighted by atomic mass is 79.9. The molecule has 2 aromatic rings. The van der Waals surface area contributed by atoms with Crippen molar-refractivity contribution in [1.29, 1.82) is 0 Å². The summed E-state index contributed by atoms with van der Waals surface area (Å²) >= 11 is 3.09. The van der Waals surface area contributed by atoms with Gasteiger partial charge in [0.05, 0.1) is 5.56 Å². The number of piperazine rings is 1. The van der Waals surface area contributed by atoms with Gasteiger partial charge in [-0.15, -0.1) is 0 Å². The van der Waals surface area contributed by atoms with E-state index in [9.17, 15) is 22.4 Å². The Balaban J connectivity index is 1.78. The van der Waals surface area contributed by atoms with E-state index in [-0.39, 0.29) is 23.4 Å². The maximum atomic E-state index is 13.7. The molecule has 0 radical (unpaired) electrons. The molecule has 1 N–H and O–H groups in total. The van der Waals surface area contributed by atoms with E-state index in [2.05, 4.69) is 33.1 Å². The molecular formula is C21H22BrF4N3O. The number of anilines is 1. The van der Waals surface area contributed by atoms with Gasteiger partial charge in [0.2, 0.25) is 0 Å². The molecule has 1 heterocycles. The Kier molecular flexibility index (Phi) is 7.15. The van der Waals surface area contributed by atoms with E-state index in [1.807, 2.05) is 4.90 Å². The lowest BCUT2D eigenvalue weighted by Gasteiger charge is -2.34. The van der Waals surface area contributed by atoms with Crippen molar-refractivity contribution < 1.29 is 22.4 Å². The van der Waals surface area contributed by atoms with Crippen LogP contribution in [0.15, 0.2) is 40.9 Å². The van der Waals surface area contributed by atoms with Crippen molar-refractivity contribution in [2.24, 2.45) is 0 Å². The molecule has 0 saturated carbocycles. The number of nitrogens with one attached hydrogen (secondary N) is 1. The van der Waals surface area contributed by atoms with Crippen LogP contribution < -0.4 is 5.32 Å². The summed E-state index contributed by atoms with van der Waals surface area (Å²) in [7, 11) is 0. The summed E-state index contributed by atoms with van der Waals surface area (Å²) < 4.78 is 54.9. The molecule has 0 atom stereocenters. The minimum atomic E-state index is -4.55. The molecule has 162 valence electrons. The molecule has 1 aliphatic rings. The maximum Gasteiger partial charge on any atom is 0.416 e. The van der Waals surface area contributed by atoms with E-state index in [4.69, 9.17) is 0 Å². The van der Waals surface area contributed by atoms with E-state index >= 15 is 0 Å². The summed E-state index contributed by atoms with van der Waals surface area (Å²) in [5.41, 5.74) is -0.599. The number of nitrogens with zero attached hydrogens (tertiary/aromatic N) is 2. The molecule has 4 nitrogen and oxygen atoms in total. The first kappa shape index (κ1) is 22.7. The van der Waals surface area contributed by atoms with Crippen molar-refractivity contribution >= 4 is 27.5 Å². The fourth-order valence-corrected chi connectivity index (χ4v) is 3.91. The fraction of sp³-hybridized carbons (Fsp3) is 0.381. The Morgan fingerprint density at radius 2 is 1.73 bits per heavy atom. The molecule has 1 fully saturated rings. The van der Waals surface area contributed by atoms with E-state index in [0.717, 1.165) is 31.8 Å². The lowest BCUT2D eigenvalue weighted by Crippen LogP contribution is -2.45. The number of benzene rings is 2. The molecule has 2 aromatic carbocycles. The maximum absolute atomic E-state index is 13.7. The van der Waals surface area contributed by atoms with Gasteiger partial charge in [0.25, 0.3) is 5.91 Å². The van der Waals surface area contributed by atoms with Gasteiger partial charge < -0.3 is 10.2 Å². The predicted octanol–water partition coefficient (Wildman–Crippen LogP) is 5.00. The van der Waals surface area contributed by atoms with Gasteiger partial charge in [-0.3, -0.25) is 9.69 Å². The van der Waals surface area contributed by atoms with Gasteiger partial charge in [0, 0.05) is 48.4 Å². The summed E-state index contributed by atoms with van der Waals surface area (Å²) in [5, 5.41) is 2.42. The van der Waals surface area contributed by atoms with Crippen molar-refractivity contribution in [3.63, 3.8) is 0 Å². The van der Waals surface area contributed by atoms with Crippen LogP contribution >= 0.6 is 15.9 Å². The minimum absolute atomic E-state index is 0.00672. The number of rotatable bonds is 5. The largest absolute Gasteiger partial charge is 0.416 e. The molecule has 1 aliphatic heterocycles. The number of alkyl halides is 3. The van der Waals surface area contributed by atoms with Gasteiger partial charge in [-0.05, 0) is 42.4 Å². The van der Waals surface area contributed by atoms with Crippen LogP contribution in [0.3, 0.4) is 0 Å². The van der Waals surface area contributed by atoms with Crippen LogP contribution in [0.4, 0.5) is 23.2 Å². The number of halogens is 5. The summed E-state index contributed by atoms with van der Waals surface area (Å²) in [5.74, 6) is -1.31. The number of hydrogen-bond donors (Lipinski definition) is 1. The normalized spacial score (nSPS) is 15.9. The summed E-state index contributed by atoms with van der Waals surface area (Å²) in [6.07, 6.45) is -4.55. The fourth-order valence-electron chi connectivity index (χ4n) is 3.45. The zero-order valence-electron chi connectivity index (χ0n) is 16.4. The third-order valence-electron chi connectivity index (χ3n) is 5.10. The second-order valence-corrected chi connectivity index (χ2v) is 8.11. The lowest BCUT2D eigenvalue weighted by molar-refractivity contribution is -0.138. The van der Waals surface area contributed by atoms with E-state index in [1.54, 1.807) is 0 Å². The monoisotopic (exact) mass is 487 g/mol. The zero-order chi connectivity index (χ0) is 21.9.